The van der Waals surface area contributed by atoms with Crippen molar-refractivity contribution in [2.75, 3.05) is 18.6 Å². The summed E-state index contributed by atoms with van der Waals surface area (Å²) in [4.78, 5) is 46.0. The van der Waals surface area contributed by atoms with Gasteiger partial charge in [-0.25, -0.2) is 4.98 Å². The minimum atomic E-state index is -0.894. The predicted molar refractivity (Wildman–Crippen MR) is 142 cm³/mol. The monoisotopic (exact) mass is 536 g/mol. The van der Waals surface area contributed by atoms with Gasteiger partial charge in [-0.05, 0) is 42.8 Å². The van der Waals surface area contributed by atoms with E-state index in [1.165, 1.54) is 25.0 Å². The molecule has 4 aromatic rings. The number of aryl methyl sites for hydroxylation is 1. The number of benzene rings is 2. The molecule has 3 heterocycles. The van der Waals surface area contributed by atoms with Gasteiger partial charge in [-0.3, -0.25) is 19.3 Å². The van der Waals surface area contributed by atoms with E-state index in [4.69, 9.17) is 25.5 Å². The number of nitrogens with zero attached hydrogens (tertiary/aromatic N) is 2. The molecule has 0 bridgehead atoms. The molecular formula is C27H21ClN2O6S. The second-order valence-corrected chi connectivity index (χ2v) is 9.78. The van der Waals surface area contributed by atoms with Crippen LogP contribution in [0.1, 0.15) is 50.0 Å². The molecule has 0 N–H and O–H groups in total. The number of methoxy groups -OCH3 is 1. The molecule has 1 amide bonds. The fourth-order valence-electron chi connectivity index (χ4n) is 4.39. The van der Waals surface area contributed by atoms with E-state index in [0.717, 1.165) is 11.3 Å². The van der Waals surface area contributed by atoms with Crippen LogP contribution in [0, 0.1) is 6.92 Å². The summed E-state index contributed by atoms with van der Waals surface area (Å²) >= 11 is 7.25. The average molecular weight is 537 g/mol. The van der Waals surface area contributed by atoms with Crippen LogP contribution in [0.4, 0.5) is 5.13 Å². The molecule has 5 rings (SSSR count). The summed E-state index contributed by atoms with van der Waals surface area (Å²) in [6, 6.07) is 8.91. The Kier molecular flexibility index (Phi) is 6.35. The first kappa shape index (κ1) is 24.7. The second kappa shape index (κ2) is 9.49. The van der Waals surface area contributed by atoms with Crippen molar-refractivity contribution in [3.63, 3.8) is 0 Å². The van der Waals surface area contributed by atoms with Gasteiger partial charge in [0.1, 0.15) is 12.2 Å². The summed E-state index contributed by atoms with van der Waals surface area (Å²) in [5.41, 5.74) is 1.08. The van der Waals surface area contributed by atoms with Gasteiger partial charge in [0.2, 0.25) is 5.76 Å². The summed E-state index contributed by atoms with van der Waals surface area (Å²) < 4.78 is 17.2. The number of thiazole rings is 1. The molecular weight excluding hydrogens is 516 g/mol. The highest BCUT2D eigenvalue weighted by atomic mass is 35.5. The molecule has 1 aliphatic rings. The van der Waals surface area contributed by atoms with Crippen molar-refractivity contribution in [3.05, 3.63) is 91.8 Å². The van der Waals surface area contributed by atoms with Crippen LogP contribution in [0.2, 0.25) is 5.02 Å². The van der Waals surface area contributed by atoms with Crippen molar-refractivity contribution in [2.24, 2.45) is 0 Å². The molecule has 8 nitrogen and oxygen atoms in total. The van der Waals surface area contributed by atoms with Crippen LogP contribution < -0.4 is 19.8 Å². The summed E-state index contributed by atoms with van der Waals surface area (Å²) in [5.74, 6) is 0.0929. The standard InChI is InChI=1S/C27H21ClN2O6S/c1-5-10-35-19-8-6-15(11-20(19)34-4)22-21-23(32)17-12-16(28)7-9-18(17)36-24(21)26(33)30(22)27-29-13(2)25(37-27)14(3)31/h5-9,11-12,22H,1,10H2,2-4H3. The molecule has 0 saturated carbocycles. The zero-order valence-electron chi connectivity index (χ0n) is 20.2. The van der Waals surface area contributed by atoms with Crippen molar-refractivity contribution in [2.45, 2.75) is 19.9 Å². The number of aromatic nitrogens is 1. The summed E-state index contributed by atoms with van der Waals surface area (Å²) in [7, 11) is 1.50. The number of ketones is 1. The van der Waals surface area contributed by atoms with E-state index in [2.05, 4.69) is 11.6 Å². The van der Waals surface area contributed by atoms with E-state index >= 15 is 0 Å². The van der Waals surface area contributed by atoms with Gasteiger partial charge >= 0.3 is 0 Å². The lowest BCUT2D eigenvalue weighted by molar-refractivity contribution is 0.0969. The highest BCUT2D eigenvalue weighted by Crippen LogP contribution is 2.45. The van der Waals surface area contributed by atoms with Gasteiger partial charge in [-0.2, -0.15) is 0 Å². The quantitative estimate of drug-likeness (QED) is 0.219. The molecule has 1 aliphatic heterocycles. The number of Topliss-reactive ketones (excluding diaryl/α,β-unsaturated/α-hetero) is 1. The molecule has 1 unspecified atom stereocenters. The highest BCUT2D eigenvalue weighted by Gasteiger charge is 2.45. The van der Waals surface area contributed by atoms with Crippen LogP contribution in [0.25, 0.3) is 11.0 Å². The number of hydrogen-bond acceptors (Lipinski definition) is 8. The topological polar surface area (TPSA) is 98.9 Å². The lowest BCUT2D eigenvalue weighted by Gasteiger charge is -2.23. The zero-order valence-corrected chi connectivity index (χ0v) is 21.7. The number of hydrogen-bond donors (Lipinski definition) is 0. The maximum Gasteiger partial charge on any atom is 0.297 e. The molecule has 0 spiro atoms. The first-order chi connectivity index (χ1) is 17.7. The van der Waals surface area contributed by atoms with Crippen molar-refractivity contribution in [3.8, 4) is 11.5 Å². The number of rotatable bonds is 7. The first-order valence-corrected chi connectivity index (χ1v) is 12.4. The van der Waals surface area contributed by atoms with E-state index < -0.39 is 11.9 Å². The molecule has 2 aromatic carbocycles. The number of fused-ring (bicyclic) bond motifs is 2. The molecule has 37 heavy (non-hydrogen) atoms. The predicted octanol–water partition coefficient (Wildman–Crippen LogP) is 5.74. The second-order valence-electron chi connectivity index (χ2n) is 8.37. The van der Waals surface area contributed by atoms with E-state index in [1.54, 1.807) is 43.3 Å². The van der Waals surface area contributed by atoms with Gasteiger partial charge < -0.3 is 13.9 Å². The van der Waals surface area contributed by atoms with Crippen LogP contribution in [-0.4, -0.2) is 30.4 Å². The van der Waals surface area contributed by atoms with Gasteiger partial charge in [0, 0.05) is 11.9 Å². The fourth-order valence-corrected chi connectivity index (χ4v) is 5.55. The molecule has 0 radical (unpaired) electrons. The Morgan fingerprint density at radius 3 is 2.70 bits per heavy atom. The van der Waals surface area contributed by atoms with Gasteiger partial charge in [0.05, 0.1) is 34.7 Å². The van der Waals surface area contributed by atoms with Crippen LogP contribution in [0.5, 0.6) is 11.5 Å². The van der Waals surface area contributed by atoms with Crippen LogP contribution in [0.15, 0.2) is 58.3 Å². The van der Waals surface area contributed by atoms with Crippen LogP contribution in [-0.2, 0) is 0 Å². The Hall–Kier alpha value is -3.95. The van der Waals surface area contributed by atoms with Crippen LogP contribution >= 0.6 is 22.9 Å². The van der Waals surface area contributed by atoms with Gasteiger partial charge in [0.25, 0.3) is 5.91 Å². The lowest BCUT2D eigenvalue weighted by Crippen LogP contribution is -2.29. The Morgan fingerprint density at radius 2 is 2.03 bits per heavy atom. The Bertz CT molecular complexity index is 1660. The number of anilines is 1. The van der Waals surface area contributed by atoms with Gasteiger partial charge in [-0.15, -0.1) is 0 Å². The molecule has 0 fully saturated rings. The van der Waals surface area contributed by atoms with Crippen molar-refractivity contribution < 1.29 is 23.5 Å². The number of carbonyl (C=O) groups excluding carboxylic acids is 2. The third kappa shape index (κ3) is 4.10. The fraction of sp³-hybridized carbons (Fsp3) is 0.185. The van der Waals surface area contributed by atoms with Gasteiger partial charge in [0.15, 0.2) is 27.8 Å². The van der Waals surface area contributed by atoms with E-state index in [0.29, 0.717) is 32.7 Å². The summed E-state index contributed by atoms with van der Waals surface area (Å²) in [6.45, 7) is 7.07. The number of carbonyl (C=O) groups is 2. The largest absolute Gasteiger partial charge is 0.493 e. The summed E-state index contributed by atoms with van der Waals surface area (Å²) in [5, 5.41) is 0.893. The average Bonchev–Trinajstić information content (AvgIpc) is 3.40. The minimum Gasteiger partial charge on any atom is -0.493 e. The zero-order chi connectivity index (χ0) is 26.4. The highest BCUT2D eigenvalue weighted by molar-refractivity contribution is 7.17. The molecule has 2 aromatic heterocycles. The number of ether oxygens (including phenoxy) is 2. The van der Waals surface area contributed by atoms with E-state index in [-0.39, 0.29) is 45.2 Å². The smallest absolute Gasteiger partial charge is 0.297 e. The van der Waals surface area contributed by atoms with Crippen molar-refractivity contribution >= 4 is 50.7 Å². The number of halogens is 1. The Morgan fingerprint density at radius 1 is 1.24 bits per heavy atom. The summed E-state index contributed by atoms with van der Waals surface area (Å²) in [6.07, 6.45) is 1.61. The third-order valence-electron chi connectivity index (χ3n) is 6.00. The first-order valence-electron chi connectivity index (χ1n) is 11.2. The Labute approximate surface area is 220 Å². The van der Waals surface area contributed by atoms with E-state index in [1.807, 2.05) is 0 Å². The van der Waals surface area contributed by atoms with Crippen LogP contribution in [0.3, 0.4) is 0 Å². The van der Waals surface area contributed by atoms with E-state index in [9.17, 15) is 14.4 Å². The molecule has 0 aliphatic carbocycles. The molecule has 0 saturated heterocycles. The van der Waals surface area contributed by atoms with Crippen molar-refractivity contribution in [1.29, 1.82) is 0 Å². The molecule has 10 heteroatoms. The third-order valence-corrected chi connectivity index (χ3v) is 7.50. The SMILES string of the molecule is C=CCOc1ccc(C2c3c(oc4ccc(Cl)cc4c3=O)C(=O)N2c2nc(C)c(C(C)=O)s2)cc1OC. The normalized spacial score (nSPS) is 14.6. The maximum absolute atomic E-state index is 13.8. The van der Waals surface area contributed by atoms with Crippen molar-refractivity contribution in [1.82, 2.24) is 4.98 Å². The molecule has 188 valence electrons. The lowest BCUT2D eigenvalue weighted by atomic mass is 9.98. The maximum atomic E-state index is 13.8. The molecule has 1 atom stereocenters. The minimum absolute atomic E-state index is 0.0898. The Balaban J connectivity index is 1.77. The van der Waals surface area contributed by atoms with Gasteiger partial charge in [-0.1, -0.05) is 41.7 Å². The number of amides is 1.